The second-order valence-corrected chi connectivity index (χ2v) is 27.7. The summed E-state index contributed by atoms with van der Waals surface area (Å²) in [6.45, 7) is 4.99. The van der Waals surface area contributed by atoms with E-state index in [1.807, 2.05) is 0 Å². The Hall–Kier alpha value is -1.92. The predicted octanol–water partition coefficient (Wildman–Crippen LogP) is 26.6. The summed E-state index contributed by atoms with van der Waals surface area (Å²) in [5.41, 5.74) is 0. The maximum atomic E-state index is 12.6. The van der Waals surface area contributed by atoms with Crippen molar-refractivity contribution in [3.63, 3.8) is 0 Å². The first-order chi connectivity index (χ1) is 43.5. The molecule has 0 spiro atoms. The van der Waals surface area contributed by atoms with E-state index in [1.54, 1.807) is 0 Å². The maximum absolute atomic E-state index is 12.6. The fourth-order valence-electron chi connectivity index (χ4n) is 12.8. The molecule has 88 heavy (non-hydrogen) atoms. The average Bonchev–Trinajstić information content (AvgIpc) is 3.58. The summed E-state index contributed by atoms with van der Waals surface area (Å²) in [7, 11) is 0. The number of allylic oxidation sites excluding steroid dienone is 6. The Labute approximate surface area is 551 Å². The number of hydrogen-bond donors (Lipinski definition) is 3. The first-order valence-corrected chi connectivity index (χ1v) is 40.2. The van der Waals surface area contributed by atoms with Crippen molar-refractivity contribution < 1.29 is 24.5 Å². The zero-order chi connectivity index (χ0) is 63.5. The quantitative estimate of drug-likeness (QED) is 0.0320. The number of nitrogens with one attached hydrogen (secondary N) is 1. The Balaban J connectivity index is 3.37. The molecule has 0 fully saturated rings. The number of esters is 1. The summed E-state index contributed by atoms with van der Waals surface area (Å²) < 4.78 is 5.49. The Morgan fingerprint density at radius 2 is 0.568 bits per heavy atom. The molecule has 0 aliphatic rings. The van der Waals surface area contributed by atoms with E-state index < -0.39 is 12.1 Å². The van der Waals surface area contributed by atoms with Gasteiger partial charge in [0, 0.05) is 12.8 Å². The highest BCUT2D eigenvalue weighted by molar-refractivity contribution is 5.76. The maximum Gasteiger partial charge on any atom is 0.305 e. The summed E-state index contributed by atoms with van der Waals surface area (Å²) in [6.07, 6.45) is 101. The van der Waals surface area contributed by atoms with Gasteiger partial charge in [0.05, 0.1) is 25.4 Å². The minimum Gasteiger partial charge on any atom is -0.466 e. The number of aliphatic hydroxyl groups excluding tert-OH is 2. The summed E-state index contributed by atoms with van der Waals surface area (Å²) in [5, 5.41) is 23.5. The molecule has 0 saturated carbocycles. The van der Waals surface area contributed by atoms with Gasteiger partial charge in [0.1, 0.15) is 0 Å². The van der Waals surface area contributed by atoms with Gasteiger partial charge in [-0.05, 0) is 83.5 Å². The second kappa shape index (κ2) is 77.5. The highest BCUT2D eigenvalue weighted by atomic mass is 16.5. The molecule has 2 atom stereocenters. The van der Waals surface area contributed by atoms with Gasteiger partial charge in [-0.1, -0.05) is 391 Å². The van der Waals surface area contributed by atoms with Crippen LogP contribution in [-0.2, 0) is 14.3 Å². The molecule has 3 N–H and O–H groups in total. The third-order valence-corrected chi connectivity index (χ3v) is 18.9. The molecule has 0 aliphatic heterocycles. The third-order valence-electron chi connectivity index (χ3n) is 18.9. The first kappa shape index (κ1) is 86.1. The largest absolute Gasteiger partial charge is 0.466 e. The Morgan fingerprint density at radius 3 is 0.875 bits per heavy atom. The normalized spacial score (nSPS) is 12.6. The summed E-state index contributed by atoms with van der Waals surface area (Å²) in [5.74, 6) is -0.0181. The molecule has 0 rings (SSSR count). The predicted molar refractivity (Wildman–Crippen MR) is 389 cm³/mol. The van der Waals surface area contributed by atoms with Crippen molar-refractivity contribution in [2.75, 3.05) is 13.2 Å². The van der Waals surface area contributed by atoms with Crippen molar-refractivity contribution in [2.45, 2.75) is 463 Å². The van der Waals surface area contributed by atoms with Crippen molar-refractivity contribution in [3.05, 3.63) is 36.5 Å². The molecule has 520 valence electrons. The number of rotatable bonds is 76. The van der Waals surface area contributed by atoms with Crippen LogP contribution in [0.3, 0.4) is 0 Å². The summed E-state index contributed by atoms with van der Waals surface area (Å²) in [4.78, 5) is 24.6. The van der Waals surface area contributed by atoms with E-state index in [9.17, 15) is 19.8 Å². The van der Waals surface area contributed by atoms with Crippen LogP contribution in [0.2, 0.25) is 0 Å². The highest BCUT2D eigenvalue weighted by Gasteiger charge is 2.20. The number of hydrogen-bond acceptors (Lipinski definition) is 5. The van der Waals surface area contributed by atoms with E-state index in [2.05, 4.69) is 55.6 Å². The lowest BCUT2D eigenvalue weighted by molar-refractivity contribution is -0.143. The molecule has 1 amide bonds. The third kappa shape index (κ3) is 73.1. The minimum absolute atomic E-state index is 0.00958. The van der Waals surface area contributed by atoms with Crippen LogP contribution >= 0.6 is 0 Å². The van der Waals surface area contributed by atoms with Gasteiger partial charge in [-0.2, -0.15) is 0 Å². The smallest absolute Gasteiger partial charge is 0.305 e. The van der Waals surface area contributed by atoms with Crippen molar-refractivity contribution in [1.82, 2.24) is 5.32 Å². The van der Waals surface area contributed by atoms with E-state index in [1.165, 1.54) is 366 Å². The van der Waals surface area contributed by atoms with Crippen LogP contribution in [0.25, 0.3) is 0 Å². The fraction of sp³-hybridized carbons (Fsp3) is 0.902. The number of carbonyl (C=O) groups is 2. The molecule has 0 aromatic carbocycles. The van der Waals surface area contributed by atoms with E-state index >= 15 is 0 Å². The van der Waals surface area contributed by atoms with Crippen LogP contribution < -0.4 is 5.32 Å². The van der Waals surface area contributed by atoms with Crippen molar-refractivity contribution in [3.8, 4) is 0 Å². The van der Waals surface area contributed by atoms with Crippen molar-refractivity contribution >= 4 is 11.9 Å². The monoisotopic (exact) mass is 1240 g/mol. The van der Waals surface area contributed by atoms with E-state index in [4.69, 9.17) is 4.74 Å². The molecule has 0 heterocycles. The van der Waals surface area contributed by atoms with Gasteiger partial charge >= 0.3 is 5.97 Å². The molecule has 0 bridgehead atoms. The van der Waals surface area contributed by atoms with Crippen molar-refractivity contribution in [2.24, 2.45) is 0 Å². The van der Waals surface area contributed by atoms with Crippen LogP contribution in [0.4, 0.5) is 0 Å². The first-order valence-electron chi connectivity index (χ1n) is 40.2. The Bertz CT molecular complexity index is 1430. The lowest BCUT2D eigenvalue weighted by Crippen LogP contribution is -2.45. The number of amides is 1. The number of ether oxygens (including phenoxy) is 1. The number of aliphatic hydroxyl groups is 2. The molecule has 2 unspecified atom stereocenters. The molecular weight excluding hydrogens is 1080 g/mol. The van der Waals surface area contributed by atoms with E-state index in [-0.39, 0.29) is 18.5 Å². The molecular formula is C82H157NO5. The van der Waals surface area contributed by atoms with Gasteiger partial charge in [0.15, 0.2) is 0 Å². The van der Waals surface area contributed by atoms with Gasteiger partial charge in [-0.15, -0.1) is 0 Å². The zero-order valence-electron chi connectivity index (χ0n) is 59.7. The molecule has 0 aromatic heterocycles. The number of carbonyl (C=O) groups excluding carboxylic acids is 2. The molecule has 0 aliphatic carbocycles. The van der Waals surface area contributed by atoms with Gasteiger partial charge in [-0.3, -0.25) is 9.59 Å². The highest BCUT2D eigenvalue weighted by Crippen LogP contribution is 2.20. The molecule has 0 aromatic rings. The molecule has 6 heteroatoms. The van der Waals surface area contributed by atoms with Crippen LogP contribution in [0, 0.1) is 0 Å². The zero-order valence-corrected chi connectivity index (χ0v) is 59.7. The SMILES string of the molecule is CCCCCCCC/C=C\CCCCCCCC(=O)OCCCCCCCCCCCCC/C=C\C/C=C\CCCCCCCCCCCCCCCCCCCC(=O)NC(CO)C(O)CCCCCCCCCCCCCCCCCCCCCCC. The van der Waals surface area contributed by atoms with E-state index in [0.717, 1.165) is 51.4 Å². The van der Waals surface area contributed by atoms with Gasteiger partial charge in [-0.25, -0.2) is 0 Å². The van der Waals surface area contributed by atoms with Gasteiger partial charge < -0.3 is 20.3 Å². The summed E-state index contributed by atoms with van der Waals surface area (Å²) >= 11 is 0. The van der Waals surface area contributed by atoms with Crippen LogP contribution in [0.15, 0.2) is 36.5 Å². The Morgan fingerprint density at radius 1 is 0.318 bits per heavy atom. The molecule has 0 saturated heterocycles. The van der Waals surface area contributed by atoms with E-state index in [0.29, 0.717) is 25.9 Å². The topological polar surface area (TPSA) is 95.9 Å². The van der Waals surface area contributed by atoms with Gasteiger partial charge in [0.25, 0.3) is 0 Å². The Kier molecular flexibility index (Phi) is 75.8. The number of unbranched alkanes of at least 4 members (excludes halogenated alkanes) is 59. The van der Waals surface area contributed by atoms with Crippen molar-refractivity contribution in [1.29, 1.82) is 0 Å². The lowest BCUT2D eigenvalue weighted by atomic mass is 10.0. The van der Waals surface area contributed by atoms with Crippen LogP contribution in [0.5, 0.6) is 0 Å². The minimum atomic E-state index is -0.664. The summed E-state index contributed by atoms with van der Waals surface area (Å²) in [6, 6.07) is -0.541. The average molecular weight is 1240 g/mol. The van der Waals surface area contributed by atoms with Crippen LogP contribution in [0.1, 0.15) is 450 Å². The van der Waals surface area contributed by atoms with Gasteiger partial charge in [0.2, 0.25) is 5.91 Å². The lowest BCUT2D eigenvalue weighted by Gasteiger charge is -2.22. The standard InChI is InChI=1S/C82H157NO5/c1-3-5-7-9-11-13-15-17-19-20-21-37-40-43-47-50-54-58-62-66-70-74-80(85)79(78-84)83-81(86)75-71-67-63-59-55-51-48-44-41-38-35-33-31-29-27-25-23-22-24-26-28-30-32-34-36-39-42-45-49-53-57-61-65-69-73-77-88-82(87)76-72-68-64-60-56-52-46-18-16-14-12-10-8-6-4-2/h18,24,26,30,32,46,79-80,84-85H,3-17,19-23,25,27-29,31,33-45,47-78H2,1-2H3,(H,83,86)/b26-24-,32-30-,46-18-. The second-order valence-electron chi connectivity index (χ2n) is 27.7. The fourth-order valence-corrected chi connectivity index (χ4v) is 12.8. The van der Waals surface area contributed by atoms with Crippen LogP contribution in [-0.4, -0.2) is 47.4 Å². The molecule has 6 nitrogen and oxygen atoms in total. The molecule has 0 radical (unpaired) electrons.